The number of rotatable bonds is 7. The van der Waals surface area contributed by atoms with E-state index < -0.39 is 0 Å². The molecule has 0 amide bonds. The van der Waals surface area contributed by atoms with E-state index in [0.717, 1.165) is 39.3 Å². The van der Waals surface area contributed by atoms with E-state index >= 15 is 0 Å². The first kappa shape index (κ1) is 34.7. The predicted octanol–water partition coefficient (Wildman–Crippen LogP) is 15.0. The van der Waals surface area contributed by atoms with Crippen LogP contribution in [0.25, 0.3) is 72.1 Å². The van der Waals surface area contributed by atoms with Gasteiger partial charge in [-0.2, -0.15) is 0 Å². The smallest absolute Gasteiger partial charge is 0.145 e. The summed E-state index contributed by atoms with van der Waals surface area (Å²) in [5, 5.41) is 2.35. The summed E-state index contributed by atoms with van der Waals surface area (Å²) in [4.78, 5) is 7.22. The fraction of sp³-hybridized carbons (Fsp3) is 0.0536. The van der Waals surface area contributed by atoms with Crippen LogP contribution in [0.4, 0.5) is 17.1 Å². The third-order valence-electron chi connectivity index (χ3n) is 12.3. The van der Waals surface area contributed by atoms with Gasteiger partial charge in [-0.15, -0.1) is 0 Å². The van der Waals surface area contributed by atoms with Crippen LogP contribution in [-0.4, -0.2) is 9.55 Å². The van der Waals surface area contributed by atoms with E-state index in [1.54, 1.807) is 0 Å². The van der Waals surface area contributed by atoms with Gasteiger partial charge in [0.2, 0.25) is 0 Å². The summed E-state index contributed by atoms with van der Waals surface area (Å²) >= 11 is 0. The number of hydrogen-bond acceptors (Lipinski definition) is 2. The van der Waals surface area contributed by atoms with E-state index in [1.165, 1.54) is 61.0 Å². The number of aromatic nitrogens is 2. The van der Waals surface area contributed by atoms with Gasteiger partial charge in [0.1, 0.15) is 5.65 Å². The fourth-order valence-electron chi connectivity index (χ4n) is 9.34. The van der Waals surface area contributed by atoms with Gasteiger partial charge in [-0.25, -0.2) is 4.98 Å². The lowest BCUT2D eigenvalue weighted by molar-refractivity contribution is 0.660. The molecule has 0 spiro atoms. The molecule has 0 radical (unpaired) electrons. The Labute approximate surface area is 345 Å². The minimum Gasteiger partial charge on any atom is -0.310 e. The number of fused-ring (bicyclic) bond motifs is 6. The van der Waals surface area contributed by atoms with Crippen molar-refractivity contribution in [1.29, 1.82) is 0 Å². The van der Waals surface area contributed by atoms with Gasteiger partial charge in [0.05, 0.1) is 5.52 Å². The lowest BCUT2D eigenvalue weighted by atomic mass is 9.81. The molecule has 8 aromatic carbocycles. The van der Waals surface area contributed by atoms with Crippen LogP contribution in [0.1, 0.15) is 25.0 Å². The molecule has 3 nitrogen and oxygen atoms in total. The standard InChI is InChI=1S/C56H41N3/c1-56(2)52-21-11-9-18-47(52)48-33-25-41(36-53(48)56)46-34-32-45(37-51(46)40-16-7-4-8-17-40)58(42-26-23-39(24-27-42)38-14-5-3-6-15-38)43-28-30-44(31-29-43)59-54-22-12-10-19-49(54)50-20-13-35-57-55(50)59/h3-37H,1-2H3. The van der Waals surface area contributed by atoms with Gasteiger partial charge in [-0.3, -0.25) is 4.57 Å². The average molecular weight is 756 g/mol. The van der Waals surface area contributed by atoms with Crippen molar-refractivity contribution in [1.82, 2.24) is 9.55 Å². The molecule has 0 aliphatic heterocycles. The highest BCUT2D eigenvalue weighted by Crippen LogP contribution is 2.50. The van der Waals surface area contributed by atoms with Crippen LogP contribution >= 0.6 is 0 Å². The summed E-state index contributed by atoms with van der Waals surface area (Å²) in [6, 6.07) is 74.9. The number of pyridine rings is 1. The minimum atomic E-state index is -0.0844. The van der Waals surface area contributed by atoms with Crippen molar-refractivity contribution in [3.05, 3.63) is 224 Å². The van der Waals surface area contributed by atoms with Crippen LogP contribution in [-0.2, 0) is 5.41 Å². The summed E-state index contributed by atoms with van der Waals surface area (Å²) in [6.07, 6.45) is 1.88. The highest BCUT2D eigenvalue weighted by Gasteiger charge is 2.35. The first-order chi connectivity index (χ1) is 29.0. The first-order valence-electron chi connectivity index (χ1n) is 20.4. The number of nitrogens with zero attached hydrogens (tertiary/aromatic N) is 3. The summed E-state index contributed by atoms with van der Waals surface area (Å²) in [5.41, 5.74) is 18.9. The van der Waals surface area contributed by atoms with Crippen molar-refractivity contribution in [3.63, 3.8) is 0 Å². The monoisotopic (exact) mass is 755 g/mol. The molecule has 0 N–H and O–H groups in total. The van der Waals surface area contributed by atoms with E-state index in [-0.39, 0.29) is 5.41 Å². The van der Waals surface area contributed by atoms with E-state index in [4.69, 9.17) is 4.98 Å². The molecule has 0 saturated heterocycles. The van der Waals surface area contributed by atoms with Crippen molar-refractivity contribution >= 4 is 39.0 Å². The molecule has 3 heteroatoms. The van der Waals surface area contributed by atoms with Gasteiger partial charge < -0.3 is 4.90 Å². The molecule has 2 heterocycles. The maximum absolute atomic E-state index is 4.84. The number of para-hydroxylation sites is 1. The van der Waals surface area contributed by atoms with E-state index in [0.29, 0.717) is 0 Å². The molecule has 1 aliphatic rings. The Balaban J connectivity index is 1.06. The van der Waals surface area contributed by atoms with Crippen LogP contribution in [0.2, 0.25) is 0 Å². The van der Waals surface area contributed by atoms with E-state index in [1.807, 2.05) is 12.3 Å². The maximum atomic E-state index is 4.84. The summed E-state index contributed by atoms with van der Waals surface area (Å²) in [6.45, 7) is 4.71. The van der Waals surface area contributed by atoms with Crippen molar-refractivity contribution in [2.45, 2.75) is 19.3 Å². The molecule has 0 fully saturated rings. The number of benzene rings is 8. The Morgan fingerprint density at radius 1 is 0.407 bits per heavy atom. The van der Waals surface area contributed by atoms with E-state index in [9.17, 15) is 0 Å². The lowest BCUT2D eigenvalue weighted by Crippen LogP contribution is -2.14. The zero-order valence-electron chi connectivity index (χ0n) is 33.0. The lowest BCUT2D eigenvalue weighted by Gasteiger charge is -2.27. The summed E-state index contributed by atoms with van der Waals surface area (Å²) < 4.78 is 2.27. The van der Waals surface area contributed by atoms with Crippen molar-refractivity contribution in [2.24, 2.45) is 0 Å². The van der Waals surface area contributed by atoms with Crippen LogP contribution in [0.5, 0.6) is 0 Å². The van der Waals surface area contributed by atoms with Crippen molar-refractivity contribution in [3.8, 4) is 50.2 Å². The molecule has 2 aromatic heterocycles. The molecule has 0 atom stereocenters. The number of hydrogen-bond donors (Lipinski definition) is 0. The maximum Gasteiger partial charge on any atom is 0.145 e. The second-order valence-electron chi connectivity index (χ2n) is 16.0. The topological polar surface area (TPSA) is 21.1 Å². The quantitative estimate of drug-likeness (QED) is 0.162. The van der Waals surface area contributed by atoms with E-state index in [2.05, 4.69) is 224 Å². The zero-order chi connectivity index (χ0) is 39.5. The van der Waals surface area contributed by atoms with Gasteiger partial charge in [-0.05, 0) is 128 Å². The summed E-state index contributed by atoms with van der Waals surface area (Å²) in [7, 11) is 0. The molecular weight excluding hydrogens is 715 g/mol. The molecule has 11 rings (SSSR count). The van der Waals surface area contributed by atoms with Crippen molar-refractivity contribution < 1.29 is 0 Å². The second-order valence-corrected chi connectivity index (χ2v) is 16.0. The Morgan fingerprint density at radius 2 is 0.983 bits per heavy atom. The van der Waals surface area contributed by atoms with Crippen LogP contribution in [0.3, 0.4) is 0 Å². The largest absolute Gasteiger partial charge is 0.310 e. The van der Waals surface area contributed by atoms with Crippen molar-refractivity contribution in [2.75, 3.05) is 4.90 Å². The fourth-order valence-corrected chi connectivity index (χ4v) is 9.34. The Morgan fingerprint density at radius 3 is 1.76 bits per heavy atom. The molecular formula is C56H41N3. The predicted molar refractivity (Wildman–Crippen MR) is 247 cm³/mol. The molecule has 0 saturated carbocycles. The minimum absolute atomic E-state index is 0.0844. The average Bonchev–Trinajstić information content (AvgIpc) is 3.75. The number of anilines is 3. The summed E-state index contributed by atoms with van der Waals surface area (Å²) in [5.74, 6) is 0. The van der Waals surface area contributed by atoms with Gasteiger partial charge in [0.25, 0.3) is 0 Å². The van der Waals surface area contributed by atoms with Crippen LogP contribution in [0.15, 0.2) is 212 Å². The molecule has 0 bridgehead atoms. The first-order valence-corrected chi connectivity index (χ1v) is 20.4. The Bertz CT molecular complexity index is 3110. The van der Waals surface area contributed by atoms with Gasteiger partial charge in [-0.1, -0.05) is 147 Å². The van der Waals surface area contributed by atoms with Gasteiger partial charge >= 0.3 is 0 Å². The second kappa shape index (κ2) is 13.9. The highest BCUT2D eigenvalue weighted by molar-refractivity contribution is 6.07. The molecule has 59 heavy (non-hydrogen) atoms. The molecule has 1 aliphatic carbocycles. The van der Waals surface area contributed by atoms with Crippen LogP contribution in [0, 0.1) is 0 Å². The molecule has 10 aromatic rings. The normalized spacial score (nSPS) is 12.7. The van der Waals surface area contributed by atoms with Crippen LogP contribution < -0.4 is 4.90 Å². The third kappa shape index (κ3) is 5.77. The molecule has 280 valence electrons. The third-order valence-corrected chi connectivity index (χ3v) is 12.3. The Kier molecular flexibility index (Phi) is 8.16. The Hall–Kier alpha value is -7.49. The molecule has 0 unspecified atom stereocenters. The highest BCUT2D eigenvalue weighted by atomic mass is 15.1. The zero-order valence-corrected chi connectivity index (χ0v) is 33.0. The SMILES string of the molecule is CC1(C)c2ccccc2-c2ccc(-c3ccc(N(c4ccc(-c5ccccc5)cc4)c4ccc(-n5c6ccccc6c6cccnc65)cc4)cc3-c3ccccc3)cc21. The van der Waals surface area contributed by atoms with Gasteiger partial charge in [0.15, 0.2) is 0 Å². The van der Waals surface area contributed by atoms with Gasteiger partial charge in [0, 0.05) is 45.1 Å².